The van der Waals surface area contributed by atoms with Gasteiger partial charge in [-0.05, 0) is 58.2 Å². The summed E-state index contributed by atoms with van der Waals surface area (Å²) in [5.74, 6) is -1.72. The van der Waals surface area contributed by atoms with Crippen LogP contribution in [0.5, 0.6) is 0 Å². The minimum atomic E-state index is -0.863. The van der Waals surface area contributed by atoms with Gasteiger partial charge in [-0.25, -0.2) is 8.78 Å². The van der Waals surface area contributed by atoms with Crippen molar-refractivity contribution in [3.8, 4) is 0 Å². The summed E-state index contributed by atoms with van der Waals surface area (Å²) in [7, 11) is 2.02. The molecule has 30 heavy (non-hydrogen) atoms. The highest BCUT2D eigenvalue weighted by Gasteiger charge is 2.18. The van der Waals surface area contributed by atoms with Gasteiger partial charge in [0.15, 0.2) is 11.6 Å². The molecule has 1 aliphatic rings. The first-order chi connectivity index (χ1) is 14.3. The first-order valence-corrected chi connectivity index (χ1v) is 11.0. The predicted molar refractivity (Wildman–Crippen MR) is 132 cm³/mol. The number of rotatable bonds is 7. The van der Waals surface area contributed by atoms with Crippen molar-refractivity contribution >= 4 is 54.1 Å². The zero-order valence-electron chi connectivity index (χ0n) is 16.6. The molecule has 0 radical (unpaired) electrons. The summed E-state index contributed by atoms with van der Waals surface area (Å²) in [5, 5.41) is 11.8. The molecular weight excluding hydrogens is 518 g/mol. The first-order valence-electron chi connectivity index (χ1n) is 9.47. The highest BCUT2D eigenvalue weighted by molar-refractivity contribution is 14.1. The summed E-state index contributed by atoms with van der Waals surface area (Å²) >= 11 is 6.85. The van der Waals surface area contributed by atoms with E-state index in [1.807, 2.05) is 24.8 Å². The third-order valence-electron chi connectivity index (χ3n) is 4.84. The van der Waals surface area contributed by atoms with Crippen LogP contribution in [-0.2, 0) is 13.0 Å². The Hall–Kier alpha value is -1.79. The second-order valence-electron chi connectivity index (χ2n) is 7.09. The van der Waals surface area contributed by atoms with Gasteiger partial charge in [0.2, 0.25) is 0 Å². The van der Waals surface area contributed by atoms with Gasteiger partial charge in [-0.1, -0.05) is 12.6 Å². The fraction of sp³-hybridized carbons (Fsp3) is 0.250. The number of halogens is 3. The lowest BCUT2D eigenvalue weighted by atomic mass is 9.93. The van der Waals surface area contributed by atoms with E-state index in [9.17, 15) is 8.78 Å². The Balaban J connectivity index is 1.77. The third-order valence-corrected chi connectivity index (χ3v) is 6.20. The van der Waals surface area contributed by atoms with Gasteiger partial charge in [-0.2, -0.15) is 5.10 Å². The highest BCUT2D eigenvalue weighted by Crippen LogP contribution is 2.27. The molecule has 0 bridgehead atoms. The van der Waals surface area contributed by atoms with Crippen LogP contribution in [-0.4, -0.2) is 36.8 Å². The van der Waals surface area contributed by atoms with Crippen molar-refractivity contribution in [2.45, 2.75) is 19.0 Å². The monoisotopic (exact) mass is 541 g/mol. The van der Waals surface area contributed by atoms with E-state index in [4.69, 9.17) is 5.73 Å². The molecule has 0 saturated carbocycles. The molecule has 0 fully saturated rings. The van der Waals surface area contributed by atoms with Crippen LogP contribution in [0, 0.1) is 11.6 Å². The zero-order valence-corrected chi connectivity index (χ0v) is 19.6. The third kappa shape index (κ3) is 5.27. The lowest BCUT2D eigenvalue weighted by Crippen LogP contribution is -2.37. The largest absolute Gasteiger partial charge is 0.380 e. The molecule has 1 aromatic heterocycles. The van der Waals surface area contributed by atoms with Crippen molar-refractivity contribution in [1.82, 2.24) is 20.4 Å². The van der Waals surface area contributed by atoms with Crippen molar-refractivity contribution in [3.05, 3.63) is 74.2 Å². The van der Waals surface area contributed by atoms with Gasteiger partial charge in [0.1, 0.15) is 7.85 Å². The van der Waals surface area contributed by atoms with Gasteiger partial charge in [0.05, 0.1) is 17.3 Å². The minimum absolute atomic E-state index is 0.176. The Bertz CT molecular complexity index is 1020. The normalized spacial score (nSPS) is 15.3. The Morgan fingerprint density at radius 1 is 1.47 bits per heavy atom. The lowest BCUT2D eigenvalue weighted by molar-refractivity contribution is 0.504. The molecule has 1 aliphatic heterocycles. The van der Waals surface area contributed by atoms with Crippen LogP contribution >= 0.6 is 35.2 Å². The van der Waals surface area contributed by atoms with Crippen LogP contribution < -0.4 is 21.8 Å². The van der Waals surface area contributed by atoms with Gasteiger partial charge >= 0.3 is 0 Å². The van der Waals surface area contributed by atoms with E-state index in [2.05, 4.69) is 57.5 Å². The quantitative estimate of drug-likeness (QED) is 0.186. The summed E-state index contributed by atoms with van der Waals surface area (Å²) in [6.45, 7) is 5.94. The fourth-order valence-electron chi connectivity index (χ4n) is 3.30. The summed E-state index contributed by atoms with van der Waals surface area (Å²) in [4.78, 5) is 0. The number of fused-ring (bicyclic) bond motifs is 1. The van der Waals surface area contributed by atoms with Crippen LogP contribution in [0.15, 0.2) is 51.4 Å². The Morgan fingerprint density at radius 2 is 2.23 bits per heavy atom. The van der Waals surface area contributed by atoms with Gasteiger partial charge in [0.25, 0.3) is 0 Å². The van der Waals surface area contributed by atoms with Crippen molar-refractivity contribution < 1.29 is 8.78 Å². The molecule has 1 atom stereocenters. The maximum atomic E-state index is 13.5. The molecule has 0 saturated heterocycles. The molecule has 10 heteroatoms. The van der Waals surface area contributed by atoms with E-state index >= 15 is 0 Å². The zero-order chi connectivity index (χ0) is 21.8. The molecular formula is C20H23BF2IN5S. The van der Waals surface area contributed by atoms with Crippen molar-refractivity contribution in [1.29, 1.82) is 0 Å². The lowest BCUT2D eigenvalue weighted by Gasteiger charge is -2.20. The Morgan fingerprint density at radius 3 is 2.93 bits per heavy atom. The molecule has 1 aromatic carbocycles. The summed E-state index contributed by atoms with van der Waals surface area (Å²) in [5.41, 5.74) is 10.3. The van der Waals surface area contributed by atoms with E-state index < -0.39 is 11.6 Å². The maximum Gasteiger partial charge on any atom is 0.159 e. The van der Waals surface area contributed by atoms with E-state index in [1.54, 1.807) is 6.07 Å². The number of aromatic nitrogens is 2. The number of allylic oxidation sites excluding steroid dienone is 3. The standard InChI is InChI=1S/C20H23BF2IN5S/c1-11(28-13(9-25)6-12-2-3-16(22)17(23)7-12)18(24)8-14-19-15(21)10-27-29(19)5-4-26-20(14)30/h2-3,7-8,10,13,26,28,30H,1,4-6,9,21,25H2/b18-8-/t13-/m0/s1. The van der Waals surface area contributed by atoms with Crippen LogP contribution in [0.2, 0.25) is 0 Å². The highest BCUT2D eigenvalue weighted by atomic mass is 127. The van der Waals surface area contributed by atoms with E-state index in [0.29, 0.717) is 24.2 Å². The maximum absolute atomic E-state index is 13.5. The van der Waals surface area contributed by atoms with Crippen LogP contribution in [0.4, 0.5) is 8.78 Å². The van der Waals surface area contributed by atoms with Gasteiger partial charge in [-0.3, -0.25) is 4.68 Å². The molecule has 0 aliphatic carbocycles. The molecule has 4 N–H and O–H groups in total. The summed E-state index contributed by atoms with van der Waals surface area (Å²) in [6, 6.07) is 3.71. The van der Waals surface area contributed by atoms with Gasteiger partial charge < -0.3 is 16.4 Å². The molecule has 0 spiro atoms. The summed E-state index contributed by atoms with van der Waals surface area (Å²) in [6.07, 6.45) is 4.30. The number of hydrogen-bond donors (Lipinski definition) is 4. The van der Waals surface area contributed by atoms with Gasteiger partial charge in [0, 0.05) is 40.2 Å². The van der Waals surface area contributed by atoms with Crippen molar-refractivity contribution in [3.63, 3.8) is 0 Å². The molecule has 0 unspecified atom stereocenters. The van der Waals surface area contributed by atoms with Crippen LogP contribution in [0.25, 0.3) is 5.57 Å². The van der Waals surface area contributed by atoms with Crippen LogP contribution in [0.1, 0.15) is 11.3 Å². The predicted octanol–water partition coefficient (Wildman–Crippen LogP) is 1.61. The molecule has 2 heterocycles. The van der Waals surface area contributed by atoms with E-state index in [0.717, 1.165) is 44.5 Å². The van der Waals surface area contributed by atoms with E-state index in [1.165, 1.54) is 6.07 Å². The van der Waals surface area contributed by atoms with Crippen molar-refractivity contribution in [2.75, 3.05) is 13.1 Å². The number of nitrogens with one attached hydrogen (secondary N) is 2. The molecule has 2 aromatic rings. The first kappa shape index (κ1) is 22.9. The minimum Gasteiger partial charge on any atom is -0.380 e. The summed E-state index contributed by atoms with van der Waals surface area (Å²) < 4.78 is 29.5. The van der Waals surface area contributed by atoms with Gasteiger partial charge in [-0.15, -0.1) is 12.6 Å². The number of nitrogens with zero attached hydrogens (tertiary/aromatic N) is 2. The Labute approximate surface area is 194 Å². The van der Waals surface area contributed by atoms with Crippen molar-refractivity contribution in [2.24, 2.45) is 5.73 Å². The molecule has 3 rings (SSSR count). The average molecular weight is 541 g/mol. The molecule has 158 valence electrons. The number of hydrogen-bond acceptors (Lipinski definition) is 5. The average Bonchev–Trinajstić information content (AvgIpc) is 2.99. The second kappa shape index (κ2) is 10.0. The van der Waals surface area contributed by atoms with E-state index in [-0.39, 0.29) is 6.04 Å². The second-order valence-corrected chi connectivity index (χ2v) is 8.70. The number of benzene rings is 1. The molecule has 0 amide bonds. The topological polar surface area (TPSA) is 67.9 Å². The Kier molecular flexibility index (Phi) is 7.64. The van der Waals surface area contributed by atoms with Crippen LogP contribution in [0.3, 0.4) is 0 Å². The SMILES string of the molecule is Bc1cnn2c1C(/C=C(\I)C(=C)N[C@H](CN)Cc1ccc(F)c(F)c1)=C(S)NCC2. The number of thiol groups is 1. The molecule has 5 nitrogen and oxygen atoms in total. The fourth-order valence-corrected chi connectivity index (χ4v) is 4.05. The smallest absolute Gasteiger partial charge is 0.159 e. The number of nitrogens with two attached hydrogens (primary N) is 1.